The van der Waals surface area contributed by atoms with Crippen LogP contribution in [0.2, 0.25) is 0 Å². The summed E-state index contributed by atoms with van der Waals surface area (Å²) in [6.45, 7) is 3.65. The lowest BCUT2D eigenvalue weighted by Gasteiger charge is -2.34. The first-order chi connectivity index (χ1) is 13.4. The smallest absolute Gasteiger partial charge is 0.214 e. The van der Waals surface area contributed by atoms with E-state index in [1.54, 1.807) is 12.3 Å². The molecule has 1 aromatic heterocycles. The zero-order chi connectivity index (χ0) is 19.7. The molecule has 3 heterocycles. The molecule has 0 aliphatic carbocycles. The summed E-state index contributed by atoms with van der Waals surface area (Å²) >= 11 is 0. The number of piperidine rings is 1. The summed E-state index contributed by atoms with van der Waals surface area (Å²) in [7, 11) is -3.30. The Morgan fingerprint density at radius 1 is 1.25 bits per heavy atom. The van der Waals surface area contributed by atoms with E-state index in [4.69, 9.17) is 0 Å². The van der Waals surface area contributed by atoms with E-state index in [1.807, 2.05) is 13.0 Å². The van der Waals surface area contributed by atoms with Crippen molar-refractivity contribution in [3.05, 3.63) is 41.5 Å². The molecule has 9 heteroatoms. The summed E-state index contributed by atoms with van der Waals surface area (Å²) in [6.07, 6.45) is 5.15. The van der Waals surface area contributed by atoms with Gasteiger partial charge in [0.1, 0.15) is 5.82 Å². The molecule has 2 aromatic rings. The first-order valence-corrected chi connectivity index (χ1v) is 11.4. The molecule has 152 valence electrons. The Bertz CT molecular complexity index is 910. The summed E-state index contributed by atoms with van der Waals surface area (Å²) < 4.78 is 40.9. The van der Waals surface area contributed by atoms with Crippen molar-refractivity contribution in [2.75, 3.05) is 23.7 Å². The topological polar surface area (TPSA) is 82.2 Å². The third-order valence-corrected chi connectivity index (χ3v) is 7.96. The molecule has 1 atom stereocenters. The van der Waals surface area contributed by atoms with Crippen LogP contribution in [0.25, 0.3) is 0 Å². The highest BCUT2D eigenvalue weighted by atomic mass is 32.2. The molecular weight excluding hydrogens is 381 g/mol. The van der Waals surface area contributed by atoms with Crippen molar-refractivity contribution in [2.45, 2.75) is 51.1 Å². The fourth-order valence-corrected chi connectivity index (χ4v) is 5.98. The van der Waals surface area contributed by atoms with Gasteiger partial charge in [-0.25, -0.2) is 12.8 Å². The fourth-order valence-electron chi connectivity index (χ4n) is 4.22. The normalized spacial score (nSPS) is 23.8. The van der Waals surface area contributed by atoms with E-state index in [2.05, 4.69) is 20.3 Å². The maximum Gasteiger partial charge on any atom is 0.214 e. The van der Waals surface area contributed by atoms with Gasteiger partial charge in [-0.1, -0.05) is 6.07 Å². The summed E-state index contributed by atoms with van der Waals surface area (Å²) in [6, 6.07) is 5.07. The minimum atomic E-state index is -3.30. The molecule has 7 nitrogen and oxygen atoms in total. The molecule has 0 spiro atoms. The van der Waals surface area contributed by atoms with Gasteiger partial charge in [-0.3, -0.25) is 0 Å². The van der Waals surface area contributed by atoms with E-state index in [-0.39, 0.29) is 24.2 Å². The molecule has 2 aliphatic heterocycles. The largest absolute Gasteiger partial charge is 0.371 e. The molecular formula is C19H26FN5O2S. The van der Waals surface area contributed by atoms with Crippen LogP contribution in [-0.4, -0.2) is 53.0 Å². The lowest BCUT2D eigenvalue weighted by molar-refractivity contribution is 0.293. The number of halogens is 1. The van der Waals surface area contributed by atoms with Crippen LogP contribution >= 0.6 is 0 Å². The lowest BCUT2D eigenvalue weighted by Crippen LogP contribution is -2.43. The maximum atomic E-state index is 14.8. The van der Waals surface area contributed by atoms with Gasteiger partial charge in [-0.15, -0.1) is 0 Å². The molecule has 2 fully saturated rings. The van der Waals surface area contributed by atoms with E-state index < -0.39 is 10.0 Å². The van der Waals surface area contributed by atoms with Gasteiger partial charge in [0.2, 0.25) is 10.0 Å². The van der Waals surface area contributed by atoms with Gasteiger partial charge in [-0.05, 0) is 44.7 Å². The van der Waals surface area contributed by atoms with Gasteiger partial charge < -0.3 is 4.90 Å². The zero-order valence-electron chi connectivity index (χ0n) is 16.0. The molecule has 1 aromatic carbocycles. The zero-order valence-corrected chi connectivity index (χ0v) is 16.8. The van der Waals surface area contributed by atoms with E-state index in [0.717, 1.165) is 43.7 Å². The Hall–Kier alpha value is -2.00. The van der Waals surface area contributed by atoms with Gasteiger partial charge in [0.25, 0.3) is 0 Å². The first kappa shape index (κ1) is 19.3. The second-order valence-corrected chi connectivity index (χ2v) is 9.83. The van der Waals surface area contributed by atoms with E-state index >= 15 is 0 Å². The molecule has 0 amide bonds. The number of rotatable bonds is 4. The number of hydrogen-bond donors (Lipinski definition) is 1. The molecule has 2 aliphatic rings. The van der Waals surface area contributed by atoms with Gasteiger partial charge in [0.05, 0.1) is 17.6 Å². The molecule has 0 bridgehead atoms. The Kier molecular flexibility index (Phi) is 5.37. The van der Waals surface area contributed by atoms with Crippen molar-refractivity contribution in [3.63, 3.8) is 0 Å². The van der Waals surface area contributed by atoms with Crippen LogP contribution in [0.1, 0.15) is 49.8 Å². The van der Waals surface area contributed by atoms with Gasteiger partial charge in [-0.2, -0.15) is 19.7 Å². The van der Waals surface area contributed by atoms with E-state index in [1.165, 1.54) is 10.4 Å². The Morgan fingerprint density at radius 3 is 2.68 bits per heavy atom. The maximum absolute atomic E-state index is 14.8. The van der Waals surface area contributed by atoms with Crippen molar-refractivity contribution < 1.29 is 12.8 Å². The lowest BCUT2D eigenvalue weighted by atomic mass is 9.93. The number of anilines is 1. The van der Waals surface area contributed by atoms with Crippen LogP contribution in [-0.2, 0) is 16.6 Å². The highest BCUT2D eigenvalue weighted by Crippen LogP contribution is 2.30. The number of hydrogen-bond acceptors (Lipinski definition) is 5. The Labute approximate surface area is 165 Å². The first-order valence-electron chi connectivity index (χ1n) is 9.82. The highest BCUT2D eigenvalue weighted by molar-refractivity contribution is 7.89. The molecule has 2 saturated heterocycles. The average molecular weight is 408 g/mol. The van der Waals surface area contributed by atoms with Crippen molar-refractivity contribution in [2.24, 2.45) is 0 Å². The number of aromatic nitrogens is 3. The predicted molar refractivity (Wildman–Crippen MR) is 105 cm³/mol. The van der Waals surface area contributed by atoms with Crippen molar-refractivity contribution in [1.29, 1.82) is 0 Å². The summed E-state index contributed by atoms with van der Waals surface area (Å²) in [5.74, 6) is 0.186. The Morgan fingerprint density at radius 2 is 2.04 bits per heavy atom. The fraction of sp³-hybridized carbons (Fsp3) is 0.579. The second kappa shape index (κ2) is 7.79. The third-order valence-electron chi connectivity index (χ3n) is 5.95. The van der Waals surface area contributed by atoms with Crippen LogP contribution in [0.15, 0.2) is 24.4 Å². The molecule has 4 rings (SSSR count). The Balaban J connectivity index is 1.43. The molecule has 0 radical (unpaired) electrons. The summed E-state index contributed by atoms with van der Waals surface area (Å²) in [5, 5.41) is 10.7. The van der Waals surface area contributed by atoms with Crippen molar-refractivity contribution in [3.8, 4) is 0 Å². The number of nitrogens with one attached hydrogen (secondary N) is 1. The highest BCUT2D eigenvalue weighted by Gasteiger charge is 2.32. The monoisotopic (exact) mass is 407 g/mol. The molecule has 28 heavy (non-hydrogen) atoms. The van der Waals surface area contributed by atoms with Gasteiger partial charge in [0, 0.05) is 42.8 Å². The number of nitrogens with zero attached hydrogens (tertiary/aromatic N) is 4. The SMILES string of the molecule is CC1CCCS(=O)(=O)N1Cc1ccc(N2CCC(c3cn[nH]n3)CC2)cc1F. The van der Waals surface area contributed by atoms with Crippen LogP contribution < -0.4 is 4.90 Å². The molecule has 1 N–H and O–H groups in total. The van der Waals surface area contributed by atoms with Crippen molar-refractivity contribution in [1.82, 2.24) is 19.7 Å². The van der Waals surface area contributed by atoms with Crippen LogP contribution in [0.5, 0.6) is 0 Å². The van der Waals surface area contributed by atoms with Crippen LogP contribution in [0.3, 0.4) is 0 Å². The van der Waals surface area contributed by atoms with Crippen LogP contribution in [0.4, 0.5) is 10.1 Å². The molecule has 1 unspecified atom stereocenters. The van der Waals surface area contributed by atoms with Gasteiger partial charge in [0.15, 0.2) is 0 Å². The van der Waals surface area contributed by atoms with Crippen molar-refractivity contribution >= 4 is 15.7 Å². The number of benzene rings is 1. The number of sulfonamides is 1. The minimum Gasteiger partial charge on any atom is -0.371 e. The number of aromatic amines is 1. The van der Waals surface area contributed by atoms with E-state index in [0.29, 0.717) is 17.9 Å². The third kappa shape index (κ3) is 3.91. The van der Waals surface area contributed by atoms with Crippen LogP contribution in [0, 0.1) is 5.82 Å². The van der Waals surface area contributed by atoms with E-state index in [9.17, 15) is 12.8 Å². The predicted octanol–water partition coefficient (Wildman–Crippen LogP) is 2.64. The molecule has 0 saturated carbocycles. The quantitative estimate of drug-likeness (QED) is 0.843. The second-order valence-electron chi connectivity index (χ2n) is 7.78. The summed E-state index contributed by atoms with van der Waals surface area (Å²) in [5.41, 5.74) is 2.26. The van der Waals surface area contributed by atoms with Gasteiger partial charge >= 0.3 is 0 Å². The average Bonchev–Trinajstić information content (AvgIpc) is 3.20. The number of H-pyrrole nitrogens is 1. The minimum absolute atomic E-state index is 0.0895. The summed E-state index contributed by atoms with van der Waals surface area (Å²) in [4.78, 5) is 2.17. The standard InChI is InChI=1S/C19H26FN5O2S/c1-14-3-2-10-28(26,27)25(14)13-16-4-5-17(11-18(16)20)24-8-6-15(7-9-24)19-12-21-23-22-19/h4-5,11-12,14-15H,2-3,6-10,13H2,1H3,(H,21,22,23).